The molecule has 214 valence electrons. The second kappa shape index (κ2) is 19.5. The minimum Gasteiger partial charge on any atom is -0.481 e. The molecule has 3 N–H and O–H groups in total. The van der Waals surface area contributed by atoms with Crippen molar-refractivity contribution in [3.05, 3.63) is 0 Å². The molecule has 0 bridgehead atoms. The Labute approximate surface area is 224 Å². The van der Waals surface area contributed by atoms with Gasteiger partial charge in [0.15, 0.2) is 0 Å². The monoisotopic (exact) mass is 547 g/mol. The smallest absolute Gasteiger partial charge is 0.318 e. The summed E-state index contributed by atoms with van der Waals surface area (Å²) in [7, 11) is 0. The highest BCUT2D eigenvalue weighted by atomic mass is 32.2. The van der Waals surface area contributed by atoms with Gasteiger partial charge in [-0.15, -0.1) is 0 Å². The highest BCUT2D eigenvalue weighted by Crippen LogP contribution is 2.37. The van der Waals surface area contributed by atoms with Crippen LogP contribution >= 0.6 is 11.8 Å². The summed E-state index contributed by atoms with van der Waals surface area (Å²) in [5.74, 6) is 0.150. The molecule has 3 amide bonds. The molecule has 0 saturated carbocycles. The van der Waals surface area contributed by atoms with E-state index in [2.05, 4.69) is 17.6 Å². The van der Waals surface area contributed by atoms with Gasteiger partial charge in [-0.3, -0.25) is 9.59 Å². The number of nitrogens with zero attached hydrogens (tertiary/aromatic N) is 1. The number of rotatable bonds is 23. The fraction of sp³-hybridized carbons (Fsp3) is 0.880. The van der Waals surface area contributed by atoms with Gasteiger partial charge in [0.25, 0.3) is 0 Å². The van der Waals surface area contributed by atoms with Gasteiger partial charge in [0.2, 0.25) is 5.91 Å². The van der Waals surface area contributed by atoms with Crippen molar-refractivity contribution in [1.29, 1.82) is 0 Å². The van der Waals surface area contributed by atoms with Gasteiger partial charge in [-0.1, -0.05) is 19.8 Å². The largest absolute Gasteiger partial charge is 0.481 e. The van der Waals surface area contributed by atoms with E-state index in [0.29, 0.717) is 70.5 Å². The number of thioether (sulfide) groups is 1. The van der Waals surface area contributed by atoms with E-state index in [4.69, 9.17) is 24.1 Å². The van der Waals surface area contributed by atoms with Crippen LogP contribution in [0.2, 0.25) is 0 Å². The Balaban J connectivity index is 1.36. The van der Waals surface area contributed by atoms with Crippen LogP contribution in [-0.4, -0.2) is 117 Å². The van der Waals surface area contributed by atoms with E-state index in [1.807, 2.05) is 16.7 Å². The maximum absolute atomic E-state index is 12.3. The number of carbonyl (C=O) groups is 3. The second-order valence-corrected chi connectivity index (χ2v) is 10.4. The number of fused-ring (bicyclic) bond motifs is 1. The van der Waals surface area contributed by atoms with Crippen LogP contribution < -0.4 is 10.6 Å². The van der Waals surface area contributed by atoms with Crippen LogP contribution in [0.25, 0.3) is 0 Å². The Hall–Kier alpha value is -1.60. The van der Waals surface area contributed by atoms with Crippen LogP contribution in [0.5, 0.6) is 0 Å². The molecule has 2 saturated heterocycles. The first kappa shape index (κ1) is 31.6. The van der Waals surface area contributed by atoms with E-state index in [1.54, 1.807) is 0 Å². The molecular formula is C25H45N3O8S. The van der Waals surface area contributed by atoms with Crippen molar-refractivity contribution in [2.75, 3.05) is 71.7 Å². The Morgan fingerprint density at radius 1 is 0.973 bits per heavy atom. The zero-order valence-corrected chi connectivity index (χ0v) is 22.9. The second-order valence-electron chi connectivity index (χ2n) is 9.15. The summed E-state index contributed by atoms with van der Waals surface area (Å²) in [4.78, 5) is 36.7. The van der Waals surface area contributed by atoms with Gasteiger partial charge in [0.05, 0.1) is 71.4 Å². The van der Waals surface area contributed by atoms with Gasteiger partial charge in [-0.05, 0) is 19.3 Å². The number of unbranched alkanes of at least 4 members (excludes halogenated alkanes) is 2. The van der Waals surface area contributed by atoms with Crippen LogP contribution in [0.4, 0.5) is 4.79 Å². The van der Waals surface area contributed by atoms with Crippen LogP contribution in [0, 0.1) is 0 Å². The normalized spacial score (nSPS) is 20.7. The number of ether oxygens (including phenoxy) is 4. The van der Waals surface area contributed by atoms with Gasteiger partial charge in [-0.2, -0.15) is 11.8 Å². The molecule has 2 aliphatic rings. The Morgan fingerprint density at radius 3 is 2.27 bits per heavy atom. The van der Waals surface area contributed by atoms with Gasteiger partial charge in [-0.25, -0.2) is 4.79 Å². The number of urea groups is 1. The summed E-state index contributed by atoms with van der Waals surface area (Å²) in [5.41, 5.74) is 0. The van der Waals surface area contributed by atoms with E-state index < -0.39 is 5.97 Å². The lowest BCUT2D eigenvalue weighted by molar-refractivity contribution is -0.138. The van der Waals surface area contributed by atoms with E-state index in [9.17, 15) is 14.4 Å². The summed E-state index contributed by atoms with van der Waals surface area (Å²) in [5, 5.41) is 15.0. The van der Waals surface area contributed by atoms with Crippen molar-refractivity contribution in [2.24, 2.45) is 0 Å². The Bertz CT molecular complexity index is 672. The summed E-state index contributed by atoms with van der Waals surface area (Å²) >= 11 is 1.95. The number of nitrogens with one attached hydrogen (secondary N) is 2. The third-order valence-electron chi connectivity index (χ3n) is 6.25. The molecule has 2 rings (SSSR count). The number of hydrogen-bond donors (Lipinski definition) is 3. The van der Waals surface area contributed by atoms with Crippen LogP contribution in [-0.2, 0) is 28.5 Å². The molecule has 0 radical (unpaired) electrons. The molecule has 2 unspecified atom stereocenters. The molecule has 0 spiro atoms. The number of carboxylic acid groups (broad SMARTS) is 1. The van der Waals surface area contributed by atoms with Crippen molar-refractivity contribution in [2.45, 2.75) is 69.2 Å². The molecule has 0 aromatic carbocycles. The topological polar surface area (TPSA) is 136 Å². The maximum atomic E-state index is 12.3. The van der Waals surface area contributed by atoms with Crippen molar-refractivity contribution in [3.8, 4) is 0 Å². The maximum Gasteiger partial charge on any atom is 0.318 e. The molecule has 0 aliphatic carbocycles. The van der Waals surface area contributed by atoms with E-state index >= 15 is 0 Å². The van der Waals surface area contributed by atoms with Gasteiger partial charge in [0.1, 0.15) is 0 Å². The SMILES string of the molecule is CCCCN1C(=O)NC2CS[C@@H](CCCCC(=O)NCCOCCOCCOCCOCCC(=O)O)C21. The molecule has 11 nitrogen and oxygen atoms in total. The highest BCUT2D eigenvalue weighted by Gasteiger charge is 2.47. The molecule has 2 fully saturated rings. The lowest BCUT2D eigenvalue weighted by Crippen LogP contribution is -2.41. The number of carbonyl (C=O) groups excluding carboxylic acids is 2. The summed E-state index contributed by atoms with van der Waals surface area (Å²) < 4.78 is 21.3. The van der Waals surface area contributed by atoms with Gasteiger partial charge in [0, 0.05) is 30.5 Å². The van der Waals surface area contributed by atoms with E-state index in [1.165, 1.54) is 0 Å². The van der Waals surface area contributed by atoms with Crippen molar-refractivity contribution in [3.63, 3.8) is 0 Å². The Kier molecular flexibility index (Phi) is 16.6. The molecule has 0 aromatic heterocycles. The zero-order valence-electron chi connectivity index (χ0n) is 22.1. The standard InChI is InChI=1S/C25H45N3O8S/c1-2-3-10-28-24-20(27-25(28)32)19-37-21(24)6-4-5-7-22(29)26-9-12-34-14-16-36-18-17-35-15-13-33-11-8-23(30)31/h20-21,24H,2-19H2,1H3,(H,26,29)(H,27,32)(H,30,31)/t20?,21-,24?/m0/s1. The summed E-state index contributed by atoms with van der Waals surface area (Å²) in [6, 6.07) is 0.650. The fourth-order valence-corrected chi connectivity index (χ4v) is 5.94. The number of amides is 3. The average Bonchev–Trinajstić information content (AvgIpc) is 3.40. The molecule has 0 aromatic rings. The minimum atomic E-state index is -0.876. The predicted molar refractivity (Wildman–Crippen MR) is 141 cm³/mol. The van der Waals surface area contributed by atoms with E-state index in [-0.39, 0.29) is 31.0 Å². The molecule has 3 atom stereocenters. The molecule has 37 heavy (non-hydrogen) atoms. The first-order valence-corrected chi connectivity index (χ1v) is 14.6. The lowest BCUT2D eigenvalue weighted by Gasteiger charge is -2.27. The summed E-state index contributed by atoms with van der Waals surface area (Å²) in [6.45, 7) is 6.62. The van der Waals surface area contributed by atoms with Crippen molar-refractivity contribution in [1.82, 2.24) is 15.5 Å². The molecule has 2 aliphatic heterocycles. The number of aliphatic carboxylic acids is 1. The molecular weight excluding hydrogens is 502 g/mol. The zero-order chi connectivity index (χ0) is 26.7. The van der Waals surface area contributed by atoms with Crippen LogP contribution in [0.1, 0.15) is 51.9 Å². The Morgan fingerprint density at radius 2 is 1.62 bits per heavy atom. The van der Waals surface area contributed by atoms with Crippen LogP contribution in [0.3, 0.4) is 0 Å². The van der Waals surface area contributed by atoms with Crippen LogP contribution in [0.15, 0.2) is 0 Å². The lowest BCUT2D eigenvalue weighted by atomic mass is 10.0. The van der Waals surface area contributed by atoms with Crippen molar-refractivity contribution < 1.29 is 38.4 Å². The first-order valence-electron chi connectivity index (χ1n) is 13.5. The molecule has 2 heterocycles. The average molecular weight is 548 g/mol. The van der Waals surface area contributed by atoms with Gasteiger partial charge >= 0.3 is 12.0 Å². The fourth-order valence-electron chi connectivity index (χ4n) is 4.34. The number of hydrogen-bond acceptors (Lipinski definition) is 8. The quantitative estimate of drug-likeness (QED) is 0.129. The minimum absolute atomic E-state index is 0.00537. The highest BCUT2D eigenvalue weighted by molar-refractivity contribution is 8.00. The van der Waals surface area contributed by atoms with Crippen molar-refractivity contribution >= 4 is 29.7 Å². The van der Waals surface area contributed by atoms with Gasteiger partial charge < -0.3 is 39.6 Å². The predicted octanol–water partition coefficient (Wildman–Crippen LogP) is 1.88. The van der Waals surface area contributed by atoms with E-state index in [0.717, 1.165) is 44.4 Å². The number of carboxylic acids is 1. The summed E-state index contributed by atoms with van der Waals surface area (Å²) in [6.07, 6.45) is 5.49. The first-order chi connectivity index (χ1) is 18.0. The third-order valence-corrected chi connectivity index (χ3v) is 7.75. The third kappa shape index (κ3) is 13.2. The molecule has 12 heteroatoms.